The van der Waals surface area contributed by atoms with Crippen molar-refractivity contribution >= 4 is 23.5 Å². The van der Waals surface area contributed by atoms with Gasteiger partial charge in [0.1, 0.15) is 0 Å². The van der Waals surface area contributed by atoms with Gasteiger partial charge in [-0.25, -0.2) is 4.68 Å². The first-order valence-electron chi connectivity index (χ1n) is 8.78. The lowest BCUT2D eigenvalue weighted by atomic mass is 9.92. The number of carboxylic acids is 1. The highest BCUT2D eigenvalue weighted by Gasteiger charge is 2.47. The van der Waals surface area contributed by atoms with Gasteiger partial charge < -0.3 is 10.0 Å². The molecule has 0 unspecified atom stereocenters. The molecule has 1 N–H and O–H groups in total. The van der Waals surface area contributed by atoms with Crippen LogP contribution < -0.4 is 0 Å². The van der Waals surface area contributed by atoms with E-state index < -0.39 is 11.9 Å². The molecule has 1 amide bonds. The van der Waals surface area contributed by atoms with Gasteiger partial charge in [0.25, 0.3) is 5.91 Å². The molecular weight excluding hydrogens is 354 g/mol. The van der Waals surface area contributed by atoms with Gasteiger partial charge in [-0.15, -0.1) is 0 Å². The number of likely N-dealkylation sites (tertiary alicyclic amines) is 1. The predicted octanol–water partition coefficient (Wildman–Crippen LogP) is 3.02. The highest BCUT2D eigenvalue weighted by molar-refractivity contribution is 6.30. The van der Waals surface area contributed by atoms with Crippen LogP contribution in [0.15, 0.2) is 30.5 Å². The monoisotopic (exact) mass is 373 g/mol. The van der Waals surface area contributed by atoms with Crippen LogP contribution in [0.3, 0.4) is 0 Å². The number of carbonyl (C=O) groups is 2. The summed E-state index contributed by atoms with van der Waals surface area (Å²) in [6, 6.07) is 7.24. The van der Waals surface area contributed by atoms with E-state index in [0.29, 0.717) is 23.0 Å². The Labute approximate surface area is 156 Å². The van der Waals surface area contributed by atoms with Crippen LogP contribution >= 0.6 is 11.6 Å². The quantitative estimate of drug-likeness (QED) is 0.893. The highest BCUT2D eigenvalue weighted by Crippen LogP contribution is 2.44. The van der Waals surface area contributed by atoms with E-state index in [4.69, 9.17) is 11.6 Å². The molecule has 1 aliphatic heterocycles. The van der Waals surface area contributed by atoms with Crippen molar-refractivity contribution in [2.24, 2.45) is 17.8 Å². The van der Waals surface area contributed by atoms with Gasteiger partial charge in [0.15, 0.2) is 0 Å². The number of aliphatic carboxylic acids is 1. The smallest absolute Gasteiger partial charge is 0.308 e. The molecule has 6 nitrogen and oxygen atoms in total. The van der Waals surface area contributed by atoms with Crippen LogP contribution in [-0.2, 0) is 4.79 Å². The summed E-state index contributed by atoms with van der Waals surface area (Å²) in [5.41, 5.74) is 2.08. The lowest BCUT2D eigenvalue weighted by molar-refractivity contribution is -0.142. The van der Waals surface area contributed by atoms with Gasteiger partial charge in [0.2, 0.25) is 0 Å². The topological polar surface area (TPSA) is 75.4 Å². The van der Waals surface area contributed by atoms with Gasteiger partial charge in [-0.05, 0) is 55.9 Å². The fraction of sp³-hybridized carbons (Fsp3) is 0.421. The standard InChI is InChI=1S/C19H20ClN3O3/c1-11-15(8-21-23(11)14-6-4-13(20)5-7-14)18(24)22-9-16(12-2-3-12)17(10-22)19(25)26/h4-8,12,16-17H,2-3,9-10H2,1H3,(H,25,26)/t16-,17+/m1/s1. The molecular formula is C19H20ClN3O3. The molecule has 1 saturated carbocycles. The molecule has 2 fully saturated rings. The molecule has 4 rings (SSSR count). The minimum absolute atomic E-state index is 0.0723. The summed E-state index contributed by atoms with van der Waals surface area (Å²) in [5.74, 6) is -0.879. The number of amides is 1. The molecule has 26 heavy (non-hydrogen) atoms. The molecule has 2 aromatic rings. The van der Waals surface area contributed by atoms with Crippen LogP contribution in [0.5, 0.6) is 0 Å². The second-order valence-electron chi connectivity index (χ2n) is 7.19. The van der Waals surface area contributed by atoms with E-state index in [1.54, 1.807) is 27.9 Å². The molecule has 1 aromatic carbocycles. The number of hydrogen-bond donors (Lipinski definition) is 1. The van der Waals surface area contributed by atoms with E-state index in [9.17, 15) is 14.7 Å². The van der Waals surface area contributed by atoms with E-state index in [2.05, 4.69) is 5.10 Å². The molecule has 0 bridgehead atoms. The van der Waals surface area contributed by atoms with Gasteiger partial charge in [0.05, 0.1) is 29.1 Å². The van der Waals surface area contributed by atoms with Crippen LogP contribution in [-0.4, -0.2) is 44.8 Å². The summed E-state index contributed by atoms with van der Waals surface area (Å²) in [5, 5.41) is 14.5. The number of benzene rings is 1. The zero-order valence-corrected chi connectivity index (χ0v) is 15.2. The van der Waals surface area contributed by atoms with E-state index in [1.165, 1.54) is 0 Å². The second-order valence-corrected chi connectivity index (χ2v) is 7.62. The number of halogens is 1. The third-order valence-electron chi connectivity index (χ3n) is 5.51. The summed E-state index contributed by atoms with van der Waals surface area (Å²) >= 11 is 5.93. The number of carboxylic acid groups (broad SMARTS) is 1. The van der Waals surface area contributed by atoms with Gasteiger partial charge in [0, 0.05) is 18.1 Å². The predicted molar refractivity (Wildman–Crippen MR) is 96.6 cm³/mol. The first kappa shape index (κ1) is 17.1. The van der Waals surface area contributed by atoms with Crippen LogP contribution in [0.4, 0.5) is 0 Å². The van der Waals surface area contributed by atoms with Gasteiger partial charge >= 0.3 is 5.97 Å². The summed E-state index contributed by atoms with van der Waals surface area (Å²) in [6.07, 6.45) is 3.71. The Balaban J connectivity index is 1.57. The fourth-order valence-electron chi connectivity index (χ4n) is 3.89. The summed E-state index contributed by atoms with van der Waals surface area (Å²) in [4.78, 5) is 26.2. The molecule has 7 heteroatoms. The Morgan fingerprint density at radius 3 is 2.50 bits per heavy atom. The highest BCUT2D eigenvalue weighted by atomic mass is 35.5. The zero-order valence-electron chi connectivity index (χ0n) is 14.4. The lowest BCUT2D eigenvalue weighted by Gasteiger charge is -2.16. The number of nitrogens with zero attached hydrogens (tertiary/aromatic N) is 3. The van der Waals surface area contributed by atoms with E-state index in [-0.39, 0.29) is 18.4 Å². The van der Waals surface area contributed by atoms with Crippen molar-refractivity contribution < 1.29 is 14.7 Å². The minimum Gasteiger partial charge on any atom is -0.481 e. The van der Waals surface area contributed by atoms with Crippen LogP contribution in [0, 0.1) is 24.7 Å². The molecule has 2 aliphatic rings. The number of rotatable bonds is 4. The zero-order chi connectivity index (χ0) is 18.4. The average molecular weight is 374 g/mol. The number of carbonyl (C=O) groups excluding carboxylic acids is 1. The molecule has 136 valence electrons. The van der Waals surface area contributed by atoms with E-state index in [0.717, 1.165) is 24.2 Å². The molecule has 0 radical (unpaired) electrons. The largest absolute Gasteiger partial charge is 0.481 e. The third-order valence-corrected chi connectivity index (χ3v) is 5.76. The summed E-state index contributed by atoms with van der Waals surface area (Å²) in [6.45, 7) is 2.64. The molecule has 1 aliphatic carbocycles. The Kier molecular flexibility index (Phi) is 4.23. The first-order chi connectivity index (χ1) is 12.5. The van der Waals surface area contributed by atoms with Crippen molar-refractivity contribution in [1.29, 1.82) is 0 Å². The van der Waals surface area contributed by atoms with Crippen molar-refractivity contribution in [3.8, 4) is 5.69 Å². The third kappa shape index (κ3) is 2.98. The number of hydrogen-bond acceptors (Lipinski definition) is 3. The SMILES string of the molecule is Cc1c(C(=O)N2C[C@H](C(=O)O)[C@@H](C3CC3)C2)cnn1-c1ccc(Cl)cc1. The lowest BCUT2D eigenvalue weighted by Crippen LogP contribution is -2.30. The molecule has 1 saturated heterocycles. The van der Waals surface area contributed by atoms with Crippen molar-refractivity contribution in [2.75, 3.05) is 13.1 Å². The summed E-state index contributed by atoms with van der Waals surface area (Å²) < 4.78 is 1.70. The Morgan fingerprint density at radius 1 is 1.19 bits per heavy atom. The number of aromatic nitrogens is 2. The molecule has 2 atom stereocenters. The molecule has 0 spiro atoms. The van der Waals surface area contributed by atoms with E-state index >= 15 is 0 Å². The second kappa shape index (κ2) is 6.43. The van der Waals surface area contributed by atoms with Crippen molar-refractivity contribution in [1.82, 2.24) is 14.7 Å². The summed E-state index contributed by atoms with van der Waals surface area (Å²) in [7, 11) is 0. The normalized spacial score (nSPS) is 22.6. The molecule has 2 heterocycles. The van der Waals surface area contributed by atoms with Crippen LogP contribution in [0.2, 0.25) is 5.02 Å². The average Bonchev–Trinajstić information content (AvgIpc) is 3.24. The van der Waals surface area contributed by atoms with Crippen LogP contribution in [0.25, 0.3) is 5.69 Å². The fourth-order valence-corrected chi connectivity index (χ4v) is 4.02. The van der Waals surface area contributed by atoms with Crippen molar-refractivity contribution in [2.45, 2.75) is 19.8 Å². The maximum atomic E-state index is 13.0. The maximum Gasteiger partial charge on any atom is 0.308 e. The Hall–Kier alpha value is -2.34. The van der Waals surface area contributed by atoms with Gasteiger partial charge in [-0.2, -0.15) is 5.10 Å². The van der Waals surface area contributed by atoms with Crippen LogP contribution in [0.1, 0.15) is 28.9 Å². The minimum atomic E-state index is -0.800. The van der Waals surface area contributed by atoms with Crippen molar-refractivity contribution in [3.05, 3.63) is 46.7 Å². The molecule has 1 aromatic heterocycles. The Morgan fingerprint density at radius 2 is 1.88 bits per heavy atom. The Bertz CT molecular complexity index is 857. The van der Waals surface area contributed by atoms with E-state index in [1.807, 2.05) is 19.1 Å². The van der Waals surface area contributed by atoms with Crippen molar-refractivity contribution in [3.63, 3.8) is 0 Å². The maximum absolute atomic E-state index is 13.0. The van der Waals surface area contributed by atoms with Gasteiger partial charge in [-0.1, -0.05) is 11.6 Å². The van der Waals surface area contributed by atoms with Gasteiger partial charge in [-0.3, -0.25) is 9.59 Å². The first-order valence-corrected chi connectivity index (χ1v) is 9.16.